The Labute approximate surface area is 150 Å². The van der Waals surface area contributed by atoms with Crippen molar-refractivity contribution in [2.45, 2.75) is 32.6 Å². The molecule has 0 aromatic heterocycles. The SMILES string of the molecule is Cc1cccc(C(=O)N2CCCN(C(=O)CCC3CCNC3)CC2)c1. The lowest BCUT2D eigenvalue weighted by atomic mass is 10.0. The van der Waals surface area contributed by atoms with Gasteiger partial charge in [-0.25, -0.2) is 0 Å². The molecule has 1 unspecified atom stereocenters. The second-order valence-corrected chi connectivity index (χ2v) is 7.29. The molecule has 0 bridgehead atoms. The van der Waals surface area contributed by atoms with Crippen molar-refractivity contribution >= 4 is 11.8 Å². The number of hydrogen-bond acceptors (Lipinski definition) is 3. The highest BCUT2D eigenvalue weighted by molar-refractivity contribution is 5.94. The first kappa shape index (κ1) is 17.9. The minimum absolute atomic E-state index is 0.0787. The topological polar surface area (TPSA) is 52.7 Å². The predicted octanol–water partition coefficient (Wildman–Crippen LogP) is 2.06. The Hall–Kier alpha value is -1.88. The molecule has 2 fully saturated rings. The molecule has 1 aromatic carbocycles. The van der Waals surface area contributed by atoms with Crippen molar-refractivity contribution in [2.24, 2.45) is 5.92 Å². The lowest BCUT2D eigenvalue weighted by Gasteiger charge is -2.23. The Balaban J connectivity index is 1.51. The lowest BCUT2D eigenvalue weighted by Crippen LogP contribution is -2.37. The Morgan fingerprint density at radius 2 is 1.96 bits per heavy atom. The molecule has 2 aliphatic rings. The molecule has 1 atom stereocenters. The van der Waals surface area contributed by atoms with Gasteiger partial charge in [0.2, 0.25) is 5.91 Å². The number of benzene rings is 1. The third-order valence-corrected chi connectivity index (χ3v) is 5.33. The van der Waals surface area contributed by atoms with Gasteiger partial charge in [0.25, 0.3) is 5.91 Å². The summed E-state index contributed by atoms with van der Waals surface area (Å²) in [6.07, 6.45) is 3.66. The number of rotatable bonds is 4. The molecule has 2 saturated heterocycles. The Morgan fingerprint density at radius 3 is 2.72 bits per heavy atom. The van der Waals surface area contributed by atoms with Crippen LogP contribution >= 0.6 is 0 Å². The van der Waals surface area contributed by atoms with E-state index in [1.54, 1.807) is 0 Å². The summed E-state index contributed by atoms with van der Waals surface area (Å²) in [5.74, 6) is 0.974. The van der Waals surface area contributed by atoms with Gasteiger partial charge in [0.15, 0.2) is 0 Å². The highest BCUT2D eigenvalue weighted by Crippen LogP contribution is 2.16. The van der Waals surface area contributed by atoms with Crippen LogP contribution in [0.5, 0.6) is 0 Å². The quantitative estimate of drug-likeness (QED) is 0.910. The highest BCUT2D eigenvalue weighted by Gasteiger charge is 2.24. The molecule has 0 radical (unpaired) electrons. The summed E-state index contributed by atoms with van der Waals surface area (Å²) in [6, 6.07) is 7.73. The van der Waals surface area contributed by atoms with E-state index < -0.39 is 0 Å². The van der Waals surface area contributed by atoms with E-state index in [0.717, 1.165) is 50.1 Å². The maximum atomic E-state index is 12.7. The van der Waals surface area contributed by atoms with E-state index in [9.17, 15) is 9.59 Å². The zero-order valence-corrected chi connectivity index (χ0v) is 15.2. The first-order valence-corrected chi connectivity index (χ1v) is 9.48. The number of hydrogen-bond donors (Lipinski definition) is 1. The Morgan fingerprint density at radius 1 is 1.16 bits per heavy atom. The molecule has 136 valence electrons. The van der Waals surface area contributed by atoms with Gasteiger partial charge in [-0.15, -0.1) is 0 Å². The Bertz CT molecular complexity index is 611. The fraction of sp³-hybridized carbons (Fsp3) is 0.600. The van der Waals surface area contributed by atoms with Gasteiger partial charge < -0.3 is 15.1 Å². The first-order valence-electron chi connectivity index (χ1n) is 9.48. The number of carbonyl (C=O) groups is 2. The largest absolute Gasteiger partial charge is 0.341 e. The normalized spacial score (nSPS) is 21.2. The van der Waals surface area contributed by atoms with Gasteiger partial charge in [-0.3, -0.25) is 9.59 Å². The molecule has 0 aliphatic carbocycles. The number of aryl methyl sites for hydroxylation is 1. The zero-order chi connectivity index (χ0) is 17.6. The number of nitrogens with one attached hydrogen (secondary N) is 1. The number of amides is 2. The van der Waals surface area contributed by atoms with Crippen LogP contribution in [0.25, 0.3) is 0 Å². The molecule has 3 rings (SSSR count). The number of carbonyl (C=O) groups excluding carboxylic acids is 2. The van der Waals surface area contributed by atoms with E-state index in [0.29, 0.717) is 25.4 Å². The van der Waals surface area contributed by atoms with Crippen LogP contribution in [0.4, 0.5) is 0 Å². The summed E-state index contributed by atoms with van der Waals surface area (Å²) in [4.78, 5) is 29.0. The van der Waals surface area contributed by atoms with Crippen LogP contribution in [0.2, 0.25) is 0 Å². The summed E-state index contributed by atoms with van der Waals surface area (Å²) in [5, 5.41) is 3.35. The van der Waals surface area contributed by atoms with Crippen molar-refractivity contribution in [2.75, 3.05) is 39.3 Å². The molecule has 5 nitrogen and oxygen atoms in total. The smallest absolute Gasteiger partial charge is 0.253 e. The van der Waals surface area contributed by atoms with Gasteiger partial charge in [-0.1, -0.05) is 17.7 Å². The molecule has 2 amide bonds. The summed E-state index contributed by atoms with van der Waals surface area (Å²) in [6.45, 7) is 6.90. The van der Waals surface area contributed by atoms with E-state index >= 15 is 0 Å². The summed E-state index contributed by atoms with van der Waals surface area (Å²) in [7, 11) is 0. The van der Waals surface area contributed by atoms with Crippen molar-refractivity contribution in [3.8, 4) is 0 Å². The van der Waals surface area contributed by atoms with Crippen LogP contribution < -0.4 is 5.32 Å². The molecule has 25 heavy (non-hydrogen) atoms. The van der Waals surface area contributed by atoms with Gasteiger partial charge >= 0.3 is 0 Å². The lowest BCUT2D eigenvalue weighted by molar-refractivity contribution is -0.131. The van der Waals surface area contributed by atoms with Gasteiger partial charge in [-0.05, 0) is 57.3 Å². The second-order valence-electron chi connectivity index (χ2n) is 7.29. The molecule has 2 aliphatic heterocycles. The van der Waals surface area contributed by atoms with Crippen LogP contribution in [-0.4, -0.2) is 60.9 Å². The van der Waals surface area contributed by atoms with Crippen LogP contribution in [0.15, 0.2) is 24.3 Å². The zero-order valence-electron chi connectivity index (χ0n) is 15.2. The molecule has 0 spiro atoms. The summed E-state index contributed by atoms with van der Waals surface area (Å²) < 4.78 is 0. The van der Waals surface area contributed by atoms with E-state index in [2.05, 4.69) is 5.32 Å². The molecule has 0 saturated carbocycles. The van der Waals surface area contributed by atoms with Gasteiger partial charge in [0.1, 0.15) is 0 Å². The minimum Gasteiger partial charge on any atom is -0.341 e. The van der Waals surface area contributed by atoms with Crippen molar-refractivity contribution in [3.05, 3.63) is 35.4 Å². The molecular formula is C20H29N3O2. The average molecular weight is 343 g/mol. The third-order valence-electron chi connectivity index (χ3n) is 5.33. The van der Waals surface area contributed by atoms with Gasteiger partial charge in [-0.2, -0.15) is 0 Å². The standard InChI is InChI=1S/C20H29N3O2/c1-16-4-2-5-18(14-16)20(25)23-11-3-10-22(12-13-23)19(24)7-6-17-8-9-21-15-17/h2,4-5,14,17,21H,3,6-13,15H2,1H3. The molecule has 1 aromatic rings. The van der Waals surface area contributed by atoms with Crippen LogP contribution in [0, 0.1) is 12.8 Å². The van der Waals surface area contributed by atoms with E-state index in [4.69, 9.17) is 0 Å². The minimum atomic E-state index is 0.0787. The third kappa shape index (κ3) is 4.82. The molecular weight excluding hydrogens is 314 g/mol. The van der Waals surface area contributed by atoms with Crippen molar-refractivity contribution in [3.63, 3.8) is 0 Å². The number of nitrogens with zero attached hydrogens (tertiary/aromatic N) is 2. The molecule has 5 heteroatoms. The van der Waals surface area contributed by atoms with Crippen molar-refractivity contribution < 1.29 is 9.59 Å². The average Bonchev–Trinajstić information content (AvgIpc) is 3.01. The van der Waals surface area contributed by atoms with Crippen LogP contribution in [0.3, 0.4) is 0 Å². The van der Waals surface area contributed by atoms with Gasteiger partial charge in [0, 0.05) is 38.2 Å². The van der Waals surface area contributed by atoms with E-state index in [1.807, 2.05) is 41.0 Å². The van der Waals surface area contributed by atoms with Gasteiger partial charge in [0.05, 0.1) is 0 Å². The van der Waals surface area contributed by atoms with Crippen molar-refractivity contribution in [1.82, 2.24) is 15.1 Å². The van der Waals surface area contributed by atoms with Crippen molar-refractivity contribution in [1.29, 1.82) is 0 Å². The molecule has 1 N–H and O–H groups in total. The maximum Gasteiger partial charge on any atom is 0.253 e. The first-order chi connectivity index (χ1) is 12.1. The maximum absolute atomic E-state index is 12.7. The highest BCUT2D eigenvalue weighted by atomic mass is 16.2. The Kier molecular flexibility index (Phi) is 6.08. The molecule has 2 heterocycles. The van der Waals surface area contributed by atoms with Crippen LogP contribution in [-0.2, 0) is 4.79 Å². The second kappa shape index (κ2) is 8.48. The fourth-order valence-corrected chi connectivity index (χ4v) is 3.78. The summed E-state index contributed by atoms with van der Waals surface area (Å²) in [5.41, 5.74) is 1.84. The van der Waals surface area contributed by atoms with E-state index in [1.165, 1.54) is 6.42 Å². The monoisotopic (exact) mass is 343 g/mol. The predicted molar refractivity (Wildman–Crippen MR) is 98.5 cm³/mol. The summed E-state index contributed by atoms with van der Waals surface area (Å²) >= 11 is 0. The van der Waals surface area contributed by atoms with E-state index in [-0.39, 0.29) is 11.8 Å². The van der Waals surface area contributed by atoms with Crippen LogP contribution in [0.1, 0.15) is 41.6 Å². The fourth-order valence-electron chi connectivity index (χ4n) is 3.78.